The SMILES string of the molecule is Cc1cccc(NC(=O)NCc2c(-n3cccc3)sc3c2CCN(C)C3)c1. The van der Waals surface area contributed by atoms with E-state index in [2.05, 4.69) is 39.5 Å². The van der Waals surface area contributed by atoms with Crippen LogP contribution in [0.15, 0.2) is 48.8 Å². The Bertz CT molecular complexity index is 945. The zero-order valence-corrected chi connectivity index (χ0v) is 16.5. The molecule has 0 saturated carbocycles. The van der Waals surface area contributed by atoms with Crippen molar-refractivity contribution in [3.8, 4) is 5.00 Å². The first-order valence-corrected chi connectivity index (χ1v) is 9.98. The van der Waals surface area contributed by atoms with Gasteiger partial charge in [-0.25, -0.2) is 4.79 Å². The number of aromatic nitrogens is 1. The van der Waals surface area contributed by atoms with Gasteiger partial charge in [-0.1, -0.05) is 12.1 Å². The number of hydrogen-bond acceptors (Lipinski definition) is 3. The molecule has 0 unspecified atom stereocenters. The maximum atomic E-state index is 12.4. The number of aryl methyl sites for hydroxylation is 1. The summed E-state index contributed by atoms with van der Waals surface area (Å²) in [4.78, 5) is 16.2. The number of rotatable bonds is 4. The smallest absolute Gasteiger partial charge is 0.319 e. The molecule has 4 rings (SSSR count). The second-order valence-corrected chi connectivity index (χ2v) is 8.13. The summed E-state index contributed by atoms with van der Waals surface area (Å²) in [7, 11) is 2.16. The number of nitrogens with zero attached hydrogens (tertiary/aromatic N) is 2. The van der Waals surface area contributed by atoms with Gasteiger partial charge in [-0.05, 0) is 55.8 Å². The molecule has 6 heteroatoms. The van der Waals surface area contributed by atoms with Crippen LogP contribution in [-0.2, 0) is 19.5 Å². The summed E-state index contributed by atoms with van der Waals surface area (Å²) >= 11 is 1.83. The van der Waals surface area contributed by atoms with Crippen LogP contribution in [0.25, 0.3) is 5.00 Å². The quantitative estimate of drug-likeness (QED) is 0.714. The zero-order chi connectivity index (χ0) is 18.8. The molecule has 0 atom stereocenters. The van der Waals surface area contributed by atoms with Gasteiger partial charge in [-0.2, -0.15) is 0 Å². The molecule has 0 radical (unpaired) electrons. The Morgan fingerprint density at radius 1 is 1.22 bits per heavy atom. The summed E-state index contributed by atoms with van der Waals surface area (Å²) in [6.07, 6.45) is 5.16. The number of carbonyl (C=O) groups excluding carboxylic acids is 1. The predicted octanol–water partition coefficient (Wildman–Crippen LogP) is 4.16. The lowest BCUT2D eigenvalue weighted by molar-refractivity contribution is 0.251. The van der Waals surface area contributed by atoms with Crippen molar-refractivity contribution in [1.82, 2.24) is 14.8 Å². The number of thiophene rings is 1. The first-order chi connectivity index (χ1) is 13.1. The fraction of sp³-hybridized carbons (Fsp3) is 0.286. The molecule has 1 aliphatic heterocycles. The average Bonchev–Trinajstić information content (AvgIpc) is 3.27. The lowest BCUT2D eigenvalue weighted by atomic mass is 10.0. The molecule has 0 spiro atoms. The highest BCUT2D eigenvalue weighted by Gasteiger charge is 2.23. The van der Waals surface area contributed by atoms with E-state index in [4.69, 9.17) is 0 Å². The van der Waals surface area contributed by atoms with Crippen molar-refractivity contribution in [2.75, 3.05) is 18.9 Å². The van der Waals surface area contributed by atoms with Crippen LogP contribution in [-0.4, -0.2) is 29.1 Å². The molecule has 2 aromatic heterocycles. The monoisotopic (exact) mass is 380 g/mol. The molecule has 0 fully saturated rings. The van der Waals surface area contributed by atoms with Crippen LogP contribution in [0, 0.1) is 6.92 Å². The Morgan fingerprint density at radius 3 is 2.81 bits per heavy atom. The summed E-state index contributed by atoms with van der Waals surface area (Å²) in [5.74, 6) is 0. The topological polar surface area (TPSA) is 49.3 Å². The maximum absolute atomic E-state index is 12.4. The number of benzene rings is 1. The van der Waals surface area contributed by atoms with Crippen LogP contribution in [0.4, 0.5) is 10.5 Å². The Hall–Kier alpha value is -2.57. The third-order valence-electron chi connectivity index (χ3n) is 4.88. The lowest BCUT2D eigenvalue weighted by Gasteiger charge is -2.22. The van der Waals surface area contributed by atoms with E-state index in [-0.39, 0.29) is 6.03 Å². The van der Waals surface area contributed by atoms with Gasteiger partial charge in [0.2, 0.25) is 0 Å². The fourth-order valence-electron chi connectivity index (χ4n) is 3.51. The van der Waals surface area contributed by atoms with E-state index in [9.17, 15) is 4.79 Å². The van der Waals surface area contributed by atoms with Gasteiger partial charge in [0.15, 0.2) is 0 Å². The molecular formula is C21H24N4OS. The van der Waals surface area contributed by atoms with Gasteiger partial charge < -0.3 is 20.1 Å². The standard InChI is InChI=1S/C21H24N4OS/c1-15-6-5-7-16(12-15)23-21(26)22-13-18-17-8-11-24(2)14-19(17)27-20(18)25-9-3-4-10-25/h3-7,9-10,12H,8,11,13-14H2,1-2H3,(H2,22,23,26). The maximum Gasteiger partial charge on any atom is 0.319 e. The molecule has 2 N–H and O–H groups in total. The second-order valence-electron chi connectivity index (χ2n) is 7.04. The van der Waals surface area contributed by atoms with Gasteiger partial charge >= 0.3 is 6.03 Å². The Labute approximate surface area is 163 Å². The Balaban J connectivity index is 1.53. The van der Waals surface area contributed by atoms with E-state index in [1.54, 1.807) is 0 Å². The third kappa shape index (κ3) is 3.91. The highest BCUT2D eigenvalue weighted by molar-refractivity contribution is 7.14. The summed E-state index contributed by atoms with van der Waals surface area (Å²) in [6, 6.07) is 11.7. The summed E-state index contributed by atoms with van der Waals surface area (Å²) in [5.41, 5.74) is 4.57. The van der Waals surface area contributed by atoms with Crippen LogP contribution in [0.3, 0.4) is 0 Å². The normalized spacial score (nSPS) is 14.0. The number of anilines is 1. The van der Waals surface area contributed by atoms with Crippen LogP contribution >= 0.6 is 11.3 Å². The minimum absolute atomic E-state index is 0.174. The largest absolute Gasteiger partial charge is 0.334 e. The van der Waals surface area contributed by atoms with Gasteiger partial charge in [0, 0.05) is 48.2 Å². The summed E-state index contributed by atoms with van der Waals surface area (Å²) < 4.78 is 2.15. The Morgan fingerprint density at radius 2 is 2.04 bits per heavy atom. The van der Waals surface area contributed by atoms with Crippen LogP contribution in [0.2, 0.25) is 0 Å². The number of urea groups is 1. The summed E-state index contributed by atoms with van der Waals surface area (Å²) in [6.45, 7) is 4.57. The van der Waals surface area contributed by atoms with Crippen molar-refractivity contribution >= 4 is 23.1 Å². The number of amides is 2. The van der Waals surface area contributed by atoms with E-state index in [1.165, 1.54) is 21.0 Å². The number of nitrogens with one attached hydrogen (secondary N) is 2. The van der Waals surface area contributed by atoms with Gasteiger partial charge in [0.1, 0.15) is 5.00 Å². The highest BCUT2D eigenvalue weighted by Crippen LogP contribution is 2.35. The minimum atomic E-state index is -0.174. The Kier molecular flexibility index (Phi) is 5.01. The average molecular weight is 381 g/mol. The van der Waals surface area contributed by atoms with E-state index in [0.717, 1.165) is 30.8 Å². The van der Waals surface area contributed by atoms with Crippen molar-refractivity contribution in [3.05, 3.63) is 70.4 Å². The van der Waals surface area contributed by atoms with E-state index in [1.807, 2.05) is 54.7 Å². The minimum Gasteiger partial charge on any atom is -0.334 e. The van der Waals surface area contributed by atoms with Crippen molar-refractivity contribution < 1.29 is 4.79 Å². The van der Waals surface area contributed by atoms with E-state index >= 15 is 0 Å². The molecule has 5 nitrogen and oxygen atoms in total. The molecule has 140 valence electrons. The summed E-state index contributed by atoms with van der Waals surface area (Å²) in [5, 5.41) is 7.18. The number of hydrogen-bond donors (Lipinski definition) is 2. The first-order valence-electron chi connectivity index (χ1n) is 9.17. The van der Waals surface area contributed by atoms with E-state index < -0.39 is 0 Å². The third-order valence-corrected chi connectivity index (χ3v) is 6.15. The molecule has 27 heavy (non-hydrogen) atoms. The molecule has 1 aliphatic rings. The highest BCUT2D eigenvalue weighted by atomic mass is 32.1. The van der Waals surface area contributed by atoms with Crippen LogP contribution in [0.1, 0.15) is 21.6 Å². The van der Waals surface area contributed by atoms with E-state index in [0.29, 0.717) is 6.54 Å². The lowest BCUT2D eigenvalue weighted by Crippen LogP contribution is -2.30. The molecule has 2 amide bonds. The van der Waals surface area contributed by atoms with Crippen molar-refractivity contribution in [1.29, 1.82) is 0 Å². The second kappa shape index (κ2) is 7.58. The zero-order valence-electron chi connectivity index (χ0n) is 15.7. The molecule has 0 saturated heterocycles. The van der Waals surface area contributed by atoms with Crippen molar-refractivity contribution in [2.45, 2.75) is 26.4 Å². The number of likely N-dealkylation sites (N-methyl/N-ethyl adjacent to an activating group) is 1. The van der Waals surface area contributed by atoms with Gasteiger partial charge in [0.05, 0.1) is 0 Å². The predicted molar refractivity (Wildman–Crippen MR) is 111 cm³/mol. The van der Waals surface area contributed by atoms with Gasteiger partial charge in [-0.15, -0.1) is 11.3 Å². The van der Waals surface area contributed by atoms with Gasteiger partial charge in [-0.3, -0.25) is 0 Å². The molecule has 3 aromatic rings. The first kappa shape index (κ1) is 17.8. The van der Waals surface area contributed by atoms with Crippen LogP contribution < -0.4 is 10.6 Å². The van der Waals surface area contributed by atoms with Crippen molar-refractivity contribution in [3.63, 3.8) is 0 Å². The van der Waals surface area contributed by atoms with Crippen molar-refractivity contribution in [2.24, 2.45) is 0 Å². The van der Waals surface area contributed by atoms with Gasteiger partial charge in [0.25, 0.3) is 0 Å². The number of fused-ring (bicyclic) bond motifs is 1. The number of carbonyl (C=O) groups is 1. The molecular weight excluding hydrogens is 356 g/mol. The molecule has 3 heterocycles. The molecule has 1 aromatic carbocycles. The fourth-order valence-corrected chi connectivity index (χ4v) is 4.92. The molecule has 0 bridgehead atoms. The van der Waals surface area contributed by atoms with Crippen LogP contribution in [0.5, 0.6) is 0 Å². The molecule has 0 aliphatic carbocycles.